The number of rotatable bonds is 6. The van der Waals surface area contributed by atoms with Crippen LogP contribution in [0.3, 0.4) is 0 Å². The molecular weight excluding hydrogens is 194 g/mol. The molecule has 5 nitrogen and oxygen atoms in total. The number of morpholine rings is 1. The van der Waals surface area contributed by atoms with Gasteiger partial charge >= 0.3 is 0 Å². The average Bonchev–Trinajstić information content (AvgIpc) is 2.25. The Bertz CT molecular complexity index is 193. The SMILES string of the molecule is NC(=O)CCC(N)CCN1CCOCC1. The second-order valence-electron chi connectivity index (χ2n) is 4.01. The van der Waals surface area contributed by atoms with E-state index in [9.17, 15) is 4.79 Å². The first kappa shape index (κ1) is 12.4. The highest BCUT2D eigenvalue weighted by Gasteiger charge is 2.12. The molecule has 1 unspecified atom stereocenters. The van der Waals surface area contributed by atoms with E-state index in [1.165, 1.54) is 0 Å². The third kappa shape index (κ3) is 5.71. The first-order valence-corrected chi connectivity index (χ1v) is 5.52. The zero-order valence-corrected chi connectivity index (χ0v) is 9.15. The minimum Gasteiger partial charge on any atom is -0.379 e. The van der Waals surface area contributed by atoms with Gasteiger partial charge in [-0.05, 0) is 19.4 Å². The fourth-order valence-electron chi connectivity index (χ4n) is 1.65. The van der Waals surface area contributed by atoms with Crippen molar-refractivity contribution < 1.29 is 9.53 Å². The fraction of sp³-hybridized carbons (Fsp3) is 0.900. The number of amides is 1. The van der Waals surface area contributed by atoms with E-state index >= 15 is 0 Å². The molecule has 1 heterocycles. The maximum absolute atomic E-state index is 10.5. The van der Waals surface area contributed by atoms with Gasteiger partial charge in [0.2, 0.25) is 5.91 Å². The first-order chi connectivity index (χ1) is 7.18. The van der Waals surface area contributed by atoms with E-state index in [1.54, 1.807) is 0 Å². The molecular formula is C10H21N3O2. The Morgan fingerprint density at radius 1 is 1.33 bits per heavy atom. The van der Waals surface area contributed by atoms with E-state index in [4.69, 9.17) is 16.2 Å². The van der Waals surface area contributed by atoms with Crippen molar-refractivity contribution in [3.63, 3.8) is 0 Å². The lowest BCUT2D eigenvalue weighted by Gasteiger charge is -2.27. The van der Waals surface area contributed by atoms with Crippen LogP contribution in [0.5, 0.6) is 0 Å². The number of nitrogens with zero attached hydrogens (tertiary/aromatic N) is 1. The lowest BCUT2D eigenvalue weighted by molar-refractivity contribution is -0.118. The predicted molar refractivity (Wildman–Crippen MR) is 58.3 cm³/mol. The quantitative estimate of drug-likeness (QED) is 0.614. The minimum absolute atomic E-state index is 0.0837. The Hall–Kier alpha value is -0.650. The van der Waals surface area contributed by atoms with Gasteiger partial charge in [-0.3, -0.25) is 9.69 Å². The molecule has 1 saturated heterocycles. The second kappa shape index (κ2) is 6.76. The molecule has 1 rings (SSSR count). The van der Waals surface area contributed by atoms with Crippen molar-refractivity contribution in [3.05, 3.63) is 0 Å². The molecule has 1 aliphatic rings. The number of hydrogen-bond acceptors (Lipinski definition) is 4. The van der Waals surface area contributed by atoms with Crippen LogP contribution in [0.1, 0.15) is 19.3 Å². The molecule has 0 saturated carbocycles. The van der Waals surface area contributed by atoms with Gasteiger partial charge in [0.15, 0.2) is 0 Å². The van der Waals surface area contributed by atoms with E-state index in [0.29, 0.717) is 12.8 Å². The van der Waals surface area contributed by atoms with E-state index in [2.05, 4.69) is 4.90 Å². The normalized spacial score (nSPS) is 20.1. The summed E-state index contributed by atoms with van der Waals surface area (Å²) in [5.74, 6) is -0.267. The van der Waals surface area contributed by atoms with Crippen LogP contribution in [0.25, 0.3) is 0 Å². The zero-order valence-electron chi connectivity index (χ0n) is 9.15. The summed E-state index contributed by atoms with van der Waals surface area (Å²) in [6.45, 7) is 4.60. The summed E-state index contributed by atoms with van der Waals surface area (Å²) in [7, 11) is 0. The molecule has 0 aromatic heterocycles. The highest BCUT2D eigenvalue weighted by atomic mass is 16.5. The van der Waals surface area contributed by atoms with Crippen molar-refractivity contribution in [2.24, 2.45) is 11.5 Å². The molecule has 0 spiro atoms. The van der Waals surface area contributed by atoms with Crippen LogP contribution >= 0.6 is 0 Å². The molecule has 4 N–H and O–H groups in total. The number of carbonyl (C=O) groups excluding carboxylic acids is 1. The highest BCUT2D eigenvalue weighted by Crippen LogP contribution is 2.03. The maximum Gasteiger partial charge on any atom is 0.217 e. The summed E-state index contributed by atoms with van der Waals surface area (Å²) in [4.78, 5) is 12.9. The van der Waals surface area contributed by atoms with E-state index in [1.807, 2.05) is 0 Å². The lowest BCUT2D eigenvalue weighted by Crippen LogP contribution is -2.39. The van der Waals surface area contributed by atoms with Gasteiger partial charge in [0.05, 0.1) is 13.2 Å². The van der Waals surface area contributed by atoms with Gasteiger partial charge in [-0.1, -0.05) is 0 Å². The van der Waals surface area contributed by atoms with Gasteiger partial charge in [0, 0.05) is 25.6 Å². The van der Waals surface area contributed by atoms with Crippen LogP contribution in [0.2, 0.25) is 0 Å². The van der Waals surface area contributed by atoms with Crippen molar-refractivity contribution >= 4 is 5.91 Å². The Balaban J connectivity index is 2.04. The predicted octanol–water partition coefficient (Wildman–Crippen LogP) is -0.698. The van der Waals surface area contributed by atoms with Gasteiger partial charge in [-0.15, -0.1) is 0 Å². The third-order valence-electron chi connectivity index (χ3n) is 2.68. The molecule has 0 aliphatic carbocycles. The van der Waals surface area contributed by atoms with Gasteiger partial charge in [0.25, 0.3) is 0 Å². The smallest absolute Gasteiger partial charge is 0.217 e. The Labute approximate surface area is 90.7 Å². The fourth-order valence-corrected chi connectivity index (χ4v) is 1.65. The molecule has 1 amide bonds. The number of nitrogens with two attached hydrogens (primary N) is 2. The number of carbonyl (C=O) groups is 1. The van der Waals surface area contributed by atoms with Crippen molar-refractivity contribution in [2.75, 3.05) is 32.8 Å². The highest BCUT2D eigenvalue weighted by molar-refractivity contribution is 5.73. The van der Waals surface area contributed by atoms with Crippen LogP contribution in [0.4, 0.5) is 0 Å². The summed E-state index contributed by atoms with van der Waals surface area (Å²) in [6, 6.07) is 0.0837. The number of primary amides is 1. The summed E-state index contributed by atoms with van der Waals surface area (Å²) >= 11 is 0. The molecule has 1 aliphatic heterocycles. The topological polar surface area (TPSA) is 81.6 Å². The largest absolute Gasteiger partial charge is 0.379 e. The van der Waals surface area contributed by atoms with Crippen molar-refractivity contribution in [3.8, 4) is 0 Å². The van der Waals surface area contributed by atoms with Gasteiger partial charge in [-0.2, -0.15) is 0 Å². The molecule has 0 bridgehead atoms. The van der Waals surface area contributed by atoms with Crippen molar-refractivity contribution in [2.45, 2.75) is 25.3 Å². The molecule has 5 heteroatoms. The third-order valence-corrected chi connectivity index (χ3v) is 2.68. The van der Waals surface area contributed by atoms with Crippen LogP contribution < -0.4 is 11.5 Å². The van der Waals surface area contributed by atoms with Crippen LogP contribution in [-0.2, 0) is 9.53 Å². The minimum atomic E-state index is -0.267. The van der Waals surface area contributed by atoms with Crippen molar-refractivity contribution in [1.82, 2.24) is 4.90 Å². The summed E-state index contributed by atoms with van der Waals surface area (Å²) in [5, 5.41) is 0. The second-order valence-corrected chi connectivity index (χ2v) is 4.01. The average molecular weight is 215 g/mol. The molecule has 15 heavy (non-hydrogen) atoms. The standard InChI is InChI=1S/C10H21N3O2/c11-9(1-2-10(12)14)3-4-13-5-7-15-8-6-13/h9H,1-8,11H2,(H2,12,14). The first-order valence-electron chi connectivity index (χ1n) is 5.52. The van der Waals surface area contributed by atoms with Crippen LogP contribution in [-0.4, -0.2) is 49.7 Å². The summed E-state index contributed by atoms with van der Waals surface area (Å²) in [5.41, 5.74) is 10.9. The zero-order chi connectivity index (χ0) is 11.1. The van der Waals surface area contributed by atoms with E-state index in [0.717, 1.165) is 39.3 Å². The number of hydrogen-bond donors (Lipinski definition) is 2. The monoisotopic (exact) mass is 215 g/mol. The Morgan fingerprint density at radius 3 is 2.60 bits per heavy atom. The summed E-state index contributed by atoms with van der Waals surface area (Å²) in [6.07, 6.45) is 2.01. The summed E-state index contributed by atoms with van der Waals surface area (Å²) < 4.78 is 5.25. The molecule has 1 atom stereocenters. The van der Waals surface area contributed by atoms with Gasteiger partial charge in [-0.25, -0.2) is 0 Å². The van der Waals surface area contributed by atoms with E-state index < -0.39 is 0 Å². The maximum atomic E-state index is 10.5. The Morgan fingerprint density at radius 2 is 2.00 bits per heavy atom. The Kier molecular flexibility index (Phi) is 5.60. The molecule has 1 fully saturated rings. The molecule has 0 aromatic carbocycles. The lowest BCUT2D eigenvalue weighted by atomic mass is 10.1. The van der Waals surface area contributed by atoms with Crippen LogP contribution in [0.15, 0.2) is 0 Å². The van der Waals surface area contributed by atoms with E-state index in [-0.39, 0.29) is 11.9 Å². The van der Waals surface area contributed by atoms with Crippen LogP contribution in [0, 0.1) is 0 Å². The van der Waals surface area contributed by atoms with Crippen molar-refractivity contribution in [1.29, 1.82) is 0 Å². The molecule has 0 aromatic rings. The van der Waals surface area contributed by atoms with Gasteiger partial charge < -0.3 is 16.2 Å². The molecule has 0 radical (unpaired) electrons. The molecule has 88 valence electrons. The number of ether oxygens (including phenoxy) is 1. The van der Waals surface area contributed by atoms with Gasteiger partial charge in [0.1, 0.15) is 0 Å².